The molecule has 0 aliphatic heterocycles. The first-order chi connectivity index (χ1) is 12.4. The SMILES string of the molecule is CC(C)(C)[Si](OCc1cnc(N)cn1)(c1ccccc1)c1ccccc1. The molecule has 0 atom stereocenters. The molecular formula is C21H25N3OSi. The predicted octanol–water partition coefficient (Wildman–Crippen LogP) is 3.14. The Labute approximate surface area is 156 Å². The van der Waals surface area contributed by atoms with E-state index in [1.54, 1.807) is 12.4 Å². The Morgan fingerprint density at radius 3 is 1.81 bits per heavy atom. The van der Waals surface area contributed by atoms with Crippen LogP contribution < -0.4 is 16.1 Å². The van der Waals surface area contributed by atoms with E-state index in [-0.39, 0.29) is 5.04 Å². The molecule has 3 rings (SSSR count). The van der Waals surface area contributed by atoms with Crippen LogP contribution >= 0.6 is 0 Å². The minimum Gasteiger partial charge on any atom is -0.401 e. The summed E-state index contributed by atoms with van der Waals surface area (Å²) in [6, 6.07) is 21.1. The van der Waals surface area contributed by atoms with Crippen molar-refractivity contribution in [2.24, 2.45) is 0 Å². The van der Waals surface area contributed by atoms with Crippen molar-refractivity contribution in [1.82, 2.24) is 9.97 Å². The molecule has 5 heteroatoms. The Morgan fingerprint density at radius 1 is 0.846 bits per heavy atom. The minimum absolute atomic E-state index is 0.0586. The Morgan fingerprint density at radius 2 is 1.38 bits per heavy atom. The maximum absolute atomic E-state index is 6.79. The molecule has 0 saturated heterocycles. The Balaban J connectivity index is 2.09. The van der Waals surface area contributed by atoms with Gasteiger partial charge in [-0.05, 0) is 15.4 Å². The lowest BCUT2D eigenvalue weighted by Gasteiger charge is -2.42. The van der Waals surface area contributed by atoms with Gasteiger partial charge in [0.05, 0.1) is 24.7 Å². The van der Waals surface area contributed by atoms with Crippen molar-refractivity contribution in [1.29, 1.82) is 0 Å². The number of hydrogen-bond acceptors (Lipinski definition) is 4. The zero-order chi connectivity index (χ0) is 18.6. The van der Waals surface area contributed by atoms with Crippen molar-refractivity contribution in [2.75, 3.05) is 5.73 Å². The van der Waals surface area contributed by atoms with Gasteiger partial charge in [-0.2, -0.15) is 0 Å². The lowest BCUT2D eigenvalue weighted by atomic mass is 10.2. The largest absolute Gasteiger partial charge is 0.401 e. The Kier molecular flexibility index (Phi) is 5.20. The highest BCUT2D eigenvalue weighted by molar-refractivity contribution is 6.99. The number of anilines is 1. The van der Waals surface area contributed by atoms with Crippen LogP contribution in [0.15, 0.2) is 73.1 Å². The molecule has 0 bridgehead atoms. The summed E-state index contributed by atoms with van der Waals surface area (Å²) in [5.74, 6) is 0.416. The molecule has 0 aliphatic rings. The summed E-state index contributed by atoms with van der Waals surface area (Å²) < 4.78 is 6.79. The zero-order valence-corrected chi connectivity index (χ0v) is 16.5. The highest BCUT2D eigenvalue weighted by Gasteiger charge is 2.50. The van der Waals surface area contributed by atoms with Gasteiger partial charge >= 0.3 is 0 Å². The standard InChI is InChI=1S/C21H25N3OSi/c1-21(2,3)26(18-10-6-4-7-11-18,19-12-8-5-9-13-19)25-16-17-14-24-20(22)15-23-17/h4-15H,16H2,1-3H3,(H2,22,24). The van der Waals surface area contributed by atoms with E-state index in [0.717, 1.165) is 5.69 Å². The van der Waals surface area contributed by atoms with E-state index in [2.05, 4.69) is 79.3 Å². The number of nitrogens with zero attached hydrogens (tertiary/aromatic N) is 2. The summed E-state index contributed by atoms with van der Waals surface area (Å²) in [7, 11) is -2.54. The Bertz CT molecular complexity index is 791. The van der Waals surface area contributed by atoms with E-state index in [1.165, 1.54) is 10.4 Å². The quantitative estimate of drug-likeness (QED) is 0.708. The summed E-state index contributed by atoms with van der Waals surface area (Å²) >= 11 is 0. The molecule has 4 nitrogen and oxygen atoms in total. The highest BCUT2D eigenvalue weighted by atomic mass is 28.4. The molecule has 26 heavy (non-hydrogen) atoms. The molecule has 0 aliphatic carbocycles. The molecule has 1 heterocycles. The third-order valence-electron chi connectivity index (χ3n) is 4.58. The van der Waals surface area contributed by atoms with E-state index < -0.39 is 8.32 Å². The van der Waals surface area contributed by atoms with Gasteiger partial charge in [-0.25, -0.2) is 4.98 Å². The van der Waals surface area contributed by atoms with Crippen LogP contribution in [0.2, 0.25) is 5.04 Å². The molecule has 1 aromatic heterocycles. The van der Waals surface area contributed by atoms with Crippen LogP contribution in [0.3, 0.4) is 0 Å². The molecule has 0 unspecified atom stereocenters. The number of hydrogen-bond donors (Lipinski definition) is 1. The topological polar surface area (TPSA) is 61.0 Å². The first-order valence-corrected chi connectivity index (χ1v) is 10.7. The van der Waals surface area contributed by atoms with Crippen LogP contribution in [0, 0.1) is 0 Å². The fourth-order valence-corrected chi connectivity index (χ4v) is 7.90. The molecule has 0 spiro atoms. The first-order valence-electron chi connectivity index (χ1n) is 8.75. The summed E-state index contributed by atoms with van der Waals surface area (Å²) in [4.78, 5) is 8.50. The number of rotatable bonds is 5. The van der Waals surface area contributed by atoms with Crippen molar-refractivity contribution in [2.45, 2.75) is 32.4 Å². The second kappa shape index (κ2) is 7.39. The fraction of sp³-hybridized carbons (Fsp3) is 0.238. The molecule has 2 aromatic carbocycles. The molecule has 0 radical (unpaired) electrons. The monoisotopic (exact) mass is 363 g/mol. The zero-order valence-electron chi connectivity index (χ0n) is 15.5. The average molecular weight is 364 g/mol. The van der Waals surface area contributed by atoms with E-state index in [9.17, 15) is 0 Å². The molecule has 3 aromatic rings. The second-order valence-corrected chi connectivity index (χ2v) is 11.7. The van der Waals surface area contributed by atoms with E-state index in [4.69, 9.17) is 10.2 Å². The predicted molar refractivity (Wildman–Crippen MR) is 109 cm³/mol. The van der Waals surface area contributed by atoms with Gasteiger partial charge in [-0.15, -0.1) is 0 Å². The number of aromatic nitrogens is 2. The van der Waals surface area contributed by atoms with Gasteiger partial charge in [0, 0.05) is 0 Å². The van der Waals surface area contributed by atoms with Gasteiger partial charge in [-0.1, -0.05) is 81.4 Å². The van der Waals surface area contributed by atoms with Gasteiger partial charge in [0.25, 0.3) is 8.32 Å². The summed E-state index contributed by atoms with van der Waals surface area (Å²) in [5.41, 5.74) is 6.44. The normalized spacial score (nSPS) is 12.1. The number of nitrogen functional groups attached to an aromatic ring is 1. The lowest BCUT2D eigenvalue weighted by Crippen LogP contribution is -2.66. The van der Waals surface area contributed by atoms with Gasteiger partial charge in [-0.3, -0.25) is 4.98 Å². The van der Waals surface area contributed by atoms with Crippen LogP contribution in [0.1, 0.15) is 26.5 Å². The van der Waals surface area contributed by atoms with Gasteiger partial charge in [0.2, 0.25) is 0 Å². The van der Waals surface area contributed by atoms with Crippen molar-refractivity contribution < 1.29 is 4.43 Å². The molecule has 0 amide bonds. The fourth-order valence-electron chi connectivity index (χ4n) is 3.38. The molecule has 0 fully saturated rings. The van der Waals surface area contributed by atoms with Gasteiger partial charge in [0.15, 0.2) is 0 Å². The van der Waals surface area contributed by atoms with Crippen LogP contribution in [0.5, 0.6) is 0 Å². The van der Waals surface area contributed by atoms with Crippen molar-refractivity contribution in [3.63, 3.8) is 0 Å². The first kappa shape index (κ1) is 18.3. The van der Waals surface area contributed by atoms with Crippen molar-refractivity contribution >= 4 is 24.5 Å². The smallest absolute Gasteiger partial charge is 0.261 e. The van der Waals surface area contributed by atoms with E-state index in [0.29, 0.717) is 12.4 Å². The van der Waals surface area contributed by atoms with Crippen molar-refractivity contribution in [3.05, 3.63) is 78.8 Å². The number of nitrogens with two attached hydrogens (primary N) is 1. The van der Waals surface area contributed by atoms with E-state index in [1.807, 2.05) is 12.1 Å². The molecule has 0 saturated carbocycles. The lowest BCUT2D eigenvalue weighted by molar-refractivity contribution is 0.281. The van der Waals surface area contributed by atoms with Gasteiger partial charge < -0.3 is 10.2 Å². The Hall–Kier alpha value is -2.50. The third kappa shape index (κ3) is 3.54. The summed E-state index contributed by atoms with van der Waals surface area (Å²) in [6.07, 6.45) is 3.26. The van der Waals surface area contributed by atoms with Gasteiger partial charge in [0.1, 0.15) is 5.82 Å². The molecule has 2 N–H and O–H groups in total. The maximum atomic E-state index is 6.79. The van der Waals surface area contributed by atoms with Crippen molar-refractivity contribution in [3.8, 4) is 0 Å². The second-order valence-electron chi connectivity index (χ2n) is 7.38. The van der Waals surface area contributed by atoms with Crippen LogP contribution in [0.25, 0.3) is 0 Å². The maximum Gasteiger partial charge on any atom is 0.261 e. The summed E-state index contributed by atoms with van der Waals surface area (Å²) in [5, 5.41) is 2.45. The number of benzene rings is 2. The minimum atomic E-state index is -2.54. The molecule has 134 valence electrons. The average Bonchev–Trinajstić information content (AvgIpc) is 2.64. The third-order valence-corrected chi connectivity index (χ3v) is 9.56. The van der Waals surface area contributed by atoms with E-state index >= 15 is 0 Å². The highest BCUT2D eigenvalue weighted by Crippen LogP contribution is 2.37. The van der Waals surface area contributed by atoms with Crippen LogP contribution in [-0.4, -0.2) is 18.3 Å². The van der Waals surface area contributed by atoms with Crippen LogP contribution in [-0.2, 0) is 11.0 Å². The summed E-state index contributed by atoms with van der Waals surface area (Å²) in [6.45, 7) is 7.18. The van der Waals surface area contributed by atoms with Crippen LogP contribution in [0.4, 0.5) is 5.82 Å². The molecular weight excluding hydrogens is 338 g/mol.